The Bertz CT molecular complexity index is 334. The molecule has 0 heterocycles. The normalized spacial score (nSPS) is 11.5. The minimum absolute atomic E-state index is 0.753. The van der Waals surface area contributed by atoms with Crippen LogP contribution in [0, 0.1) is 6.92 Å². The first-order valence-corrected chi connectivity index (χ1v) is 4.37. The summed E-state index contributed by atoms with van der Waals surface area (Å²) in [6, 6.07) is 5.82. The monoisotopic (exact) mass is 197 g/mol. The fourth-order valence-electron chi connectivity index (χ4n) is 1.01. The molecule has 0 amide bonds. The maximum absolute atomic E-state index is 5.96. The van der Waals surface area contributed by atoms with E-state index in [0.29, 0.717) is 0 Å². The van der Waals surface area contributed by atoms with Crippen molar-refractivity contribution in [1.82, 2.24) is 0 Å². The summed E-state index contributed by atoms with van der Waals surface area (Å²) < 4.78 is 0. The summed E-state index contributed by atoms with van der Waals surface area (Å²) in [5, 5.41) is 4.58. The molecule has 70 valence electrons. The number of halogens is 1. The summed E-state index contributed by atoms with van der Waals surface area (Å²) in [6.07, 6.45) is 0. The molecule has 1 aromatic rings. The number of aryl methyl sites for hydroxylation is 1. The number of rotatable bonds is 2. The standard InChI is InChI=1S/C10H12ClNO/c1-7-4-5-9(6-10(7)11)8(2)12-13-3/h4-6H,1-3H3/b12-8+. The van der Waals surface area contributed by atoms with Crippen molar-refractivity contribution >= 4 is 17.3 Å². The summed E-state index contributed by atoms with van der Waals surface area (Å²) in [6.45, 7) is 3.85. The van der Waals surface area contributed by atoms with Gasteiger partial charge in [-0.1, -0.05) is 28.9 Å². The van der Waals surface area contributed by atoms with E-state index in [0.717, 1.165) is 21.9 Å². The van der Waals surface area contributed by atoms with Crippen molar-refractivity contribution in [2.45, 2.75) is 13.8 Å². The predicted octanol–water partition coefficient (Wildman–Crippen LogP) is 3.02. The lowest BCUT2D eigenvalue weighted by Crippen LogP contribution is -1.95. The lowest BCUT2D eigenvalue weighted by molar-refractivity contribution is 0.213. The highest BCUT2D eigenvalue weighted by atomic mass is 35.5. The molecule has 0 saturated heterocycles. The zero-order valence-electron chi connectivity index (χ0n) is 7.97. The van der Waals surface area contributed by atoms with E-state index < -0.39 is 0 Å². The van der Waals surface area contributed by atoms with Gasteiger partial charge in [-0.15, -0.1) is 0 Å². The summed E-state index contributed by atoms with van der Waals surface area (Å²) >= 11 is 5.96. The van der Waals surface area contributed by atoms with Crippen molar-refractivity contribution < 1.29 is 4.84 Å². The smallest absolute Gasteiger partial charge is 0.106 e. The maximum Gasteiger partial charge on any atom is 0.106 e. The Morgan fingerprint density at radius 3 is 2.69 bits per heavy atom. The highest BCUT2D eigenvalue weighted by Gasteiger charge is 2.00. The van der Waals surface area contributed by atoms with Gasteiger partial charge in [-0.2, -0.15) is 0 Å². The summed E-state index contributed by atoms with van der Waals surface area (Å²) in [4.78, 5) is 4.67. The van der Waals surface area contributed by atoms with E-state index in [2.05, 4.69) is 9.99 Å². The Kier molecular flexibility index (Phi) is 3.32. The lowest BCUT2D eigenvalue weighted by atomic mass is 10.1. The Labute approximate surface area is 83.2 Å². The third kappa shape index (κ3) is 2.46. The molecule has 0 aliphatic rings. The number of hydrogen-bond acceptors (Lipinski definition) is 2. The van der Waals surface area contributed by atoms with Gasteiger partial charge in [0.1, 0.15) is 7.11 Å². The average molecular weight is 198 g/mol. The van der Waals surface area contributed by atoms with E-state index in [-0.39, 0.29) is 0 Å². The Morgan fingerprint density at radius 2 is 2.15 bits per heavy atom. The third-order valence-electron chi connectivity index (χ3n) is 1.82. The Hall–Kier alpha value is -1.02. The van der Waals surface area contributed by atoms with Crippen LogP contribution in [0.1, 0.15) is 18.1 Å². The topological polar surface area (TPSA) is 21.6 Å². The van der Waals surface area contributed by atoms with Gasteiger partial charge in [-0.3, -0.25) is 0 Å². The van der Waals surface area contributed by atoms with E-state index in [1.165, 1.54) is 7.11 Å². The van der Waals surface area contributed by atoms with Crippen LogP contribution >= 0.6 is 11.6 Å². The lowest BCUT2D eigenvalue weighted by Gasteiger charge is -2.02. The van der Waals surface area contributed by atoms with Crippen LogP contribution in [-0.4, -0.2) is 12.8 Å². The quantitative estimate of drug-likeness (QED) is 0.528. The van der Waals surface area contributed by atoms with Crippen molar-refractivity contribution in [3.63, 3.8) is 0 Å². The van der Waals surface area contributed by atoms with Crippen molar-refractivity contribution in [2.75, 3.05) is 7.11 Å². The fourth-order valence-corrected chi connectivity index (χ4v) is 1.19. The van der Waals surface area contributed by atoms with Crippen molar-refractivity contribution in [2.24, 2.45) is 5.16 Å². The molecule has 0 N–H and O–H groups in total. The second-order valence-corrected chi connectivity index (χ2v) is 3.23. The van der Waals surface area contributed by atoms with E-state index in [9.17, 15) is 0 Å². The van der Waals surface area contributed by atoms with E-state index in [1.54, 1.807) is 0 Å². The first-order chi connectivity index (χ1) is 6.15. The van der Waals surface area contributed by atoms with Crippen LogP contribution in [0.25, 0.3) is 0 Å². The molecule has 0 fully saturated rings. The van der Waals surface area contributed by atoms with Gasteiger partial charge in [0.2, 0.25) is 0 Å². The van der Waals surface area contributed by atoms with Gasteiger partial charge in [0, 0.05) is 10.6 Å². The number of benzene rings is 1. The first-order valence-electron chi connectivity index (χ1n) is 3.99. The van der Waals surface area contributed by atoms with E-state index in [1.807, 2.05) is 32.0 Å². The summed E-state index contributed by atoms with van der Waals surface area (Å²) in [5.41, 5.74) is 2.87. The molecular formula is C10H12ClNO. The minimum atomic E-state index is 0.753. The fraction of sp³-hybridized carbons (Fsp3) is 0.300. The predicted molar refractivity (Wildman–Crippen MR) is 55.4 cm³/mol. The van der Waals surface area contributed by atoms with Gasteiger partial charge in [-0.25, -0.2) is 0 Å². The molecule has 0 aromatic heterocycles. The molecule has 0 saturated carbocycles. The zero-order chi connectivity index (χ0) is 9.84. The molecule has 2 nitrogen and oxygen atoms in total. The van der Waals surface area contributed by atoms with Gasteiger partial charge in [0.15, 0.2) is 0 Å². The van der Waals surface area contributed by atoms with Crippen LogP contribution in [-0.2, 0) is 4.84 Å². The SMILES string of the molecule is CO/N=C(\C)c1ccc(C)c(Cl)c1. The molecular weight excluding hydrogens is 186 g/mol. The molecule has 0 aliphatic heterocycles. The maximum atomic E-state index is 5.96. The van der Waals surface area contributed by atoms with Crippen molar-refractivity contribution in [3.05, 3.63) is 34.3 Å². The summed E-state index contributed by atoms with van der Waals surface area (Å²) in [5.74, 6) is 0. The molecule has 0 aliphatic carbocycles. The highest BCUT2D eigenvalue weighted by molar-refractivity contribution is 6.31. The molecule has 13 heavy (non-hydrogen) atoms. The van der Waals surface area contributed by atoms with Gasteiger partial charge >= 0.3 is 0 Å². The highest BCUT2D eigenvalue weighted by Crippen LogP contribution is 2.17. The van der Waals surface area contributed by atoms with Gasteiger partial charge in [-0.05, 0) is 25.5 Å². The van der Waals surface area contributed by atoms with Gasteiger partial charge in [0.05, 0.1) is 5.71 Å². The Morgan fingerprint density at radius 1 is 1.46 bits per heavy atom. The first kappa shape index (κ1) is 10.1. The molecule has 0 radical (unpaired) electrons. The van der Waals surface area contributed by atoms with Crippen LogP contribution in [0.15, 0.2) is 23.4 Å². The number of hydrogen-bond donors (Lipinski definition) is 0. The van der Waals surface area contributed by atoms with Gasteiger partial charge < -0.3 is 4.84 Å². The van der Waals surface area contributed by atoms with E-state index >= 15 is 0 Å². The van der Waals surface area contributed by atoms with Crippen LogP contribution in [0.4, 0.5) is 0 Å². The van der Waals surface area contributed by atoms with Crippen LogP contribution < -0.4 is 0 Å². The average Bonchev–Trinajstić information content (AvgIpc) is 2.10. The van der Waals surface area contributed by atoms with Crippen LogP contribution in [0.5, 0.6) is 0 Å². The van der Waals surface area contributed by atoms with Crippen LogP contribution in [0.3, 0.4) is 0 Å². The second-order valence-electron chi connectivity index (χ2n) is 2.82. The molecule has 1 aromatic carbocycles. The van der Waals surface area contributed by atoms with E-state index in [4.69, 9.17) is 11.6 Å². The third-order valence-corrected chi connectivity index (χ3v) is 2.23. The minimum Gasteiger partial charge on any atom is -0.399 e. The van der Waals surface area contributed by atoms with Crippen molar-refractivity contribution in [1.29, 1.82) is 0 Å². The molecule has 0 atom stereocenters. The van der Waals surface area contributed by atoms with Crippen LogP contribution in [0.2, 0.25) is 5.02 Å². The molecule has 1 rings (SSSR count). The number of nitrogens with zero attached hydrogens (tertiary/aromatic N) is 1. The molecule has 0 bridgehead atoms. The molecule has 0 spiro atoms. The second kappa shape index (κ2) is 4.28. The Balaban J connectivity index is 3.04. The summed E-state index contributed by atoms with van der Waals surface area (Å²) in [7, 11) is 1.53. The molecule has 0 unspecified atom stereocenters. The van der Waals surface area contributed by atoms with Crippen molar-refractivity contribution in [3.8, 4) is 0 Å². The zero-order valence-corrected chi connectivity index (χ0v) is 8.72. The largest absolute Gasteiger partial charge is 0.399 e. The number of oxime groups is 1. The van der Waals surface area contributed by atoms with Gasteiger partial charge in [0.25, 0.3) is 0 Å². The molecule has 3 heteroatoms.